The zero-order valence-corrected chi connectivity index (χ0v) is 13.0. The molecule has 1 aliphatic rings. The third-order valence-electron chi connectivity index (χ3n) is 3.51. The summed E-state index contributed by atoms with van der Waals surface area (Å²) < 4.78 is 5.74. The molecule has 0 aliphatic carbocycles. The number of hydrogen-bond acceptors (Lipinski definition) is 5. The first-order valence-corrected chi connectivity index (χ1v) is 7.08. The zero-order chi connectivity index (χ0) is 15.6. The third kappa shape index (κ3) is 3.51. The summed E-state index contributed by atoms with van der Waals surface area (Å²) in [5.74, 6) is -0.0957. The number of ether oxygens (including phenoxy) is 1. The molecule has 116 valence electrons. The molecule has 0 saturated carbocycles. The first kappa shape index (κ1) is 15.7. The predicted octanol–water partition coefficient (Wildman–Crippen LogP) is 1.04. The summed E-state index contributed by atoms with van der Waals surface area (Å²) in [7, 11) is 1.78. The molecule has 1 aromatic rings. The van der Waals surface area contributed by atoms with E-state index in [1.165, 1.54) is 0 Å². The van der Waals surface area contributed by atoms with Crippen LogP contribution in [0.1, 0.15) is 29.9 Å². The lowest BCUT2D eigenvalue weighted by molar-refractivity contribution is -0.139. The van der Waals surface area contributed by atoms with Gasteiger partial charge in [0.05, 0.1) is 29.6 Å². The average molecular weight is 293 g/mol. The second kappa shape index (κ2) is 5.99. The van der Waals surface area contributed by atoms with E-state index in [-0.39, 0.29) is 18.6 Å². The first-order valence-electron chi connectivity index (χ1n) is 7.08. The van der Waals surface area contributed by atoms with E-state index in [1.54, 1.807) is 18.1 Å². The van der Waals surface area contributed by atoms with Gasteiger partial charge < -0.3 is 20.1 Å². The lowest BCUT2D eigenvalue weighted by Crippen LogP contribution is -2.55. The van der Waals surface area contributed by atoms with Gasteiger partial charge in [0, 0.05) is 32.0 Å². The number of pyridine rings is 1. The molecule has 0 radical (unpaired) electrons. The summed E-state index contributed by atoms with van der Waals surface area (Å²) in [4.78, 5) is 18.7. The Hall–Kier alpha value is -1.66. The number of aliphatic hydroxyl groups is 1. The molecule has 1 saturated heterocycles. The fourth-order valence-electron chi connectivity index (χ4n) is 2.65. The lowest BCUT2D eigenvalue weighted by Gasteiger charge is -2.42. The molecule has 1 aromatic heterocycles. The maximum atomic E-state index is 12.7. The van der Waals surface area contributed by atoms with E-state index >= 15 is 0 Å². The Labute approximate surface area is 125 Å². The van der Waals surface area contributed by atoms with Crippen LogP contribution in [0.15, 0.2) is 12.3 Å². The van der Waals surface area contributed by atoms with Gasteiger partial charge in [-0.3, -0.25) is 9.78 Å². The van der Waals surface area contributed by atoms with E-state index in [4.69, 9.17) is 4.74 Å². The van der Waals surface area contributed by atoms with Gasteiger partial charge in [-0.05, 0) is 26.8 Å². The van der Waals surface area contributed by atoms with Crippen molar-refractivity contribution < 1.29 is 14.6 Å². The lowest BCUT2D eigenvalue weighted by atomic mass is 10.0. The quantitative estimate of drug-likeness (QED) is 0.871. The molecule has 2 rings (SSSR count). The van der Waals surface area contributed by atoms with Gasteiger partial charge in [-0.25, -0.2) is 0 Å². The highest BCUT2D eigenvalue weighted by Gasteiger charge is 2.36. The molecule has 0 bridgehead atoms. The van der Waals surface area contributed by atoms with Crippen molar-refractivity contribution in [3.8, 4) is 0 Å². The maximum Gasteiger partial charge on any atom is 0.257 e. The number of nitrogens with one attached hydrogen (secondary N) is 1. The number of rotatable bonds is 3. The average Bonchev–Trinajstić information content (AvgIpc) is 2.44. The Morgan fingerprint density at radius 2 is 2.33 bits per heavy atom. The molecule has 0 aromatic carbocycles. The Balaban J connectivity index is 2.27. The summed E-state index contributed by atoms with van der Waals surface area (Å²) in [5.41, 5.74) is 1.68. The van der Waals surface area contributed by atoms with Crippen molar-refractivity contribution in [2.45, 2.75) is 32.5 Å². The van der Waals surface area contributed by atoms with Gasteiger partial charge in [-0.15, -0.1) is 0 Å². The largest absolute Gasteiger partial charge is 0.394 e. The van der Waals surface area contributed by atoms with E-state index in [1.807, 2.05) is 26.8 Å². The molecule has 6 nitrogen and oxygen atoms in total. The normalized spacial score (nSPS) is 21.2. The summed E-state index contributed by atoms with van der Waals surface area (Å²) in [6.07, 6.45) is 1.24. The van der Waals surface area contributed by atoms with E-state index in [9.17, 15) is 9.90 Å². The van der Waals surface area contributed by atoms with Crippen LogP contribution in [0.5, 0.6) is 0 Å². The van der Waals surface area contributed by atoms with Crippen LogP contribution in [-0.4, -0.2) is 59.3 Å². The highest BCUT2D eigenvalue weighted by molar-refractivity contribution is 5.99. The van der Waals surface area contributed by atoms with E-state index in [0.717, 1.165) is 11.4 Å². The molecule has 1 fully saturated rings. The molecule has 6 heteroatoms. The van der Waals surface area contributed by atoms with Crippen LogP contribution in [0.2, 0.25) is 0 Å². The molecule has 1 amide bonds. The topological polar surface area (TPSA) is 74.7 Å². The number of aryl methyl sites for hydroxylation is 1. The fraction of sp³-hybridized carbons (Fsp3) is 0.600. The van der Waals surface area contributed by atoms with Crippen molar-refractivity contribution in [2.75, 3.05) is 32.1 Å². The Kier molecular flexibility index (Phi) is 4.49. The van der Waals surface area contributed by atoms with Crippen LogP contribution in [0.4, 0.5) is 5.69 Å². The molecular weight excluding hydrogens is 270 g/mol. The minimum absolute atomic E-state index is 0.0957. The first-order chi connectivity index (χ1) is 9.86. The van der Waals surface area contributed by atoms with Crippen molar-refractivity contribution in [1.82, 2.24) is 9.88 Å². The fourth-order valence-corrected chi connectivity index (χ4v) is 2.65. The van der Waals surface area contributed by atoms with Crippen LogP contribution in [0.3, 0.4) is 0 Å². The van der Waals surface area contributed by atoms with Gasteiger partial charge in [-0.1, -0.05) is 0 Å². The molecule has 1 atom stereocenters. The maximum absolute atomic E-state index is 12.7. The number of anilines is 1. The molecule has 1 aliphatic heterocycles. The molecular formula is C15H23N3O3. The van der Waals surface area contributed by atoms with Crippen molar-refractivity contribution in [2.24, 2.45) is 0 Å². The third-order valence-corrected chi connectivity index (χ3v) is 3.51. The van der Waals surface area contributed by atoms with Crippen molar-refractivity contribution in [1.29, 1.82) is 0 Å². The van der Waals surface area contributed by atoms with Crippen LogP contribution in [-0.2, 0) is 4.74 Å². The van der Waals surface area contributed by atoms with Crippen LogP contribution in [0.25, 0.3) is 0 Å². The molecule has 0 spiro atoms. The van der Waals surface area contributed by atoms with Crippen molar-refractivity contribution in [3.05, 3.63) is 23.5 Å². The number of hydrogen-bond donors (Lipinski definition) is 2. The monoisotopic (exact) mass is 293 g/mol. The summed E-state index contributed by atoms with van der Waals surface area (Å²) in [6, 6.07) is 1.85. The number of nitrogens with zero attached hydrogens (tertiary/aromatic N) is 2. The SMILES string of the molecule is CNc1cc(C)ncc1C(=O)N1CC(CO)OC(C)(C)C1. The van der Waals surface area contributed by atoms with Gasteiger partial charge in [0.2, 0.25) is 0 Å². The van der Waals surface area contributed by atoms with Gasteiger partial charge in [0.25, 0.3) is 5.91 Å². The Morgan fingerprint density at radius 1 is 1.62 bits per heavy atom. The number of aromatic nitrogens is 1. The van der Waals surface area contributed by atoms with Crippen molar-refractivity contribution >= 4 is 11.6 Å². The standard InChI is InChI=1S/C15H23N3O3/c1-10-5-13(16-4)12(6-17-10)14(20)18-7-11(8-19)21-15(2,3)9-18/h5-6,11,19H,7-9H2,1-4H3,(H,16,17). The minimum atomic E-state index is -0.473. The smallest absolute Gasteiger partial charge is 0.257 e. The Morgan fingerprint density at radius 3 is 2.95 bits per heavy atom. The van der Waals surface area contributed by atoms with Crippen LogP contribution < -0.4 is 5.32 Å². The predicted molar refractivity (Wildman–Crippen MR) is 80.5 cm³/mol. The van der Waals surface area contributed by atoms with Gasteiger partial charge in [0.15, 0.2) is 0 Å². The van der Waals surface area contributed by atoms with E-state index in [0.29, 0.717) is 18.7 Å². The number of aliphatic hydroxyl groups excluding tert-OH is 1. The van der Waals surface area contributed by atoms with Crippen LogP contribution >= 0.6 is 0 Å². The molecule has 2 heterocycles. The summed E-state index contributed by atoms with van der Waals surface area (Å²) >= 11 is 0. The number of carbonyl (C=O) groups excluding carboxylic acids is 1. The van der Waals surface area contributed by atoms with Gasteiger partial charge in [-0.2, -0.15) is 0 Å². The molecule has 21 heavy (non-hydrogen) atoms. The highest BCUT2D eigenvalue weighted by atomic mass is 16.5. The second-order valence-corrected chi connectivity index (χ2v) is 5.99. The molecule has 1 unspecified atom stereocenters. The highest BCUT2D eigenvalue weighted by Crippen LogP contribution is 2.24. The summed E-state index contributed by atoms with van der Waals surface area (Å²) in [5, 5.41) is 12.4. The summed E-state index contributed by atoms with van der Waals surface area (Å²) in [6.45, 7) is 6.49. The van der Waals surface area contributed by atoms with Crippen molar-refractivity contribution in [3.63, 3.8) is 0 Å². The minimum Gasteiger partial charge on any atom is -0.394 e. The number of morpholine rings is 1. The second-order valence-electron chi connectivity index (χ2n) is 5.99. The Bertz CT molecular complexity index is 531. The van der Waals surface area contributed by atoms with Gasteiger partial charge >= 0.3 is 0 Å². The zero-order valence-electron chi connectivity index (χ0n) is 13.0. The van der Waals surface area contributed by atoms with Gasteiger partial charge in [0.1, 0.15) is 0 Å². The van der Waals surface area contributed by atoms with Crippen LogP contribution in [0, 0.1) is 6.92 Å². The number of carbonyl (C=O) groups is 1. The van der Waals surface area contributed by atoms with E-state index < -0.39 is 5.60 Å². The molecule has 2 N–H and O–H groups in total. The van der Waals surface area contributed by atoms with E-state index in [2.05, 4.69) is 10.3 Å². The number of amides is 1.